The van der Waals surface area contributed by atoms with Crippen LogP contribution in [0.15, 0.2) is 18.2 Å². The minimum absolute atomic E-state index is 0.429. The van der Waals surface area contributed by atoms with Gasteiger partial charge in [-0.1, -0.05) is 58.3 Å². The Labute approximate surface area is 176 Å². The quantitative estimate of drug-likeness (QED) is 0.355. The molecule has 2 fully saturated rings. The van der Waals surface area contributed by atoms with Crippen LogP contribution in [-0.4, -0.2) is 6.61 Å². The highest BCUT2D eigenvalue weighted by Crippen LogP contribution is 2.43. The average Bonchev–Trinajstić information content (AvgIpc) is 2.75. The van der Waals surface area contributed by atoms with Crippen molar-refractivity contribution in [2.24, 2.45) is 23.7 Å². The van der Waals surface area contributed by atoms with Crippen LogP contribution in [0.4, 0.5) is 8.78 Å². The van der Waals surface area contributed by atoms with Gasteiger partial charge in [-0.05, 0) is 74.3 Å². The summed E-state index contributed by atoms with van der Waals surface area (Å²) >= 11 is 0. The molecule has 1 nitrogen and oxygen atoms in total. The van der Waals surface area contributed by atoms with Crippen molar-refractivity contribution in [2.75, 3.05) is 6.61 Å². The molecule has 29 heavy (non-hydrogen) atoms. The van der Waals surface area contributed by atoms with Gasteiger partial charge in [0.15, 0.2) is 11.6 Å². The molecule has 0 heterocycles. The Balaban J connectivity index is 1.26. The van der Waals surface area contributed by atoms with Crippen LogP contribution in [0.5, 0.6) is 5.75 Å². The summed E-state index contributed by atoms with van der Waals surface area (Å²) in [7, 11) is 0. The molecule has 0 aliphatic heterocycles. The molecule has 1 aromatic rings. The molecule has 0 saturated heterocycles. The second kappa shape index (κ2) is 11.9. The average molecular weight is 407 g/mol. The van der Waals surface area contributed by atoms with E-state index in [-0.39, 0.29) is 0 Å². The van der Waals surface area contributed by atoms with Crippen molar-refractivity contribution >= 4 is 0 Å². The summed E-state index contributed by atoms with van der Waals surface area (Å²) in [6.45, 7) is 2.89. The number of hydrogen-bond donors (Lipinski definition) is 0. The lowest BCUT2D eigenvalue weighted by molar-refractivity contribution is 0.138. The molecule has 2 aliphatic rings. The van der Waals surface area contributed by atoms with Crippen molar-refractivity contribution in [2.45, 2.75) is 96.8 Å². The van der Waals surface area contributed by atoms with Crippen LogP contribution >= 0.6 is 0 Å². The van der Waals surface area contributed by atoms with Crippen LogP contribution in [0, 0.1) is 35.3 Å². The van der Waals surface area contributed by atoms with Crippen LogP contribution in [-0.2, 0) is 0 Å². The van der Waals surface area contributed by atoms with Gasteiger partial charge in [-0.25, -0.2) is 8.78 Å². The Morgan fingerprint density at radius 3 is 1.90 bits per heavy atom. The van der Waals surface area contributed by atoms with E-state index in [1.165, 1.54) is 89.5 Å². The monoisotopic (exact) mass is 406 g/mol. The highest BCUT2D eigenvalue weighted by Gasteiger charge is 2.30. The zero-order valence-electron chi connectivity index (χ0n) is 18.3. The lowest BCUT2D eigenvalue weighted by Crippen LogP contribution is -2.26. The fraction of sp³-hybridized carbons (Fsp3) is 0.769. The summed E-state index contributed by atoms with van der Waals surface area (Å²) in [5.74, 6) is 2.58. The van der Waals surface area contributed by atoms with Gasteiger partial charge in [0, 0.05) is 6.07 Å². The predicted molar refractivity (Wildman–Crippen MR) is 116 cm³/mol. The van der Waals surface area contributed by atoms with Crippen molar-refractivity contribution in [1.29, 1.82) is 0 Å². The first-order valence-electron chi connectivity index (χ1n) is 12.2. The maximum absolute atomic E-state index is 13.2. The van der Waals surface area contributed by atoms with E-state index in [9.17, 15) is 8.78 Å². The van der Waals surface area contributed by atoms with Crippen molar-refractivity contribution < 1.29 is 13.5 Å². The van der Waals surface area contributed by atoms with Gasteiger partial charge in [0.25, 0.3) is 0 Å². The normalized spacial score (nSPS) is 27.7. The minimum Gasteiger partial charge on any atom is -0.493 e. The fourth-order valence-electron chi connectivity index (χ4n) is 5.71. The Hall–Kier alpha value is -1.12. The first kappa shape index (κ1) is 22.6. The lowest BCUT2D eigenvalue weighted by atomic mass is 9.68. The minimum atomic E-state index is -0.837. The molecule has 0 atom stereocenters. The highest BCUT2D eigenvalue weighted by atomic mass is 19.2. The van der Waals surface area contributed by atoms with Crippen LogP contribution < -0.4 is 4.74 Å². The molecular formula is C26H40F2O. The Kier molecular flexibility index (Phi) is 9.27. The van der Waals surface area contributed by atoms with Gasteiger partial charge in [-0.2, -0.15) is 0 Å². The molecular weight excluding hydrogens is 366 g/mol. The van der Waals surface area contributed by atoms with E-state index in [1.54, 1.807) is 0 Å². The van der Waals surface area contributed by atoms with Gasteiger partial charge in [0.05, 0.1) is 6.61 Å². The third-order valence-electron chi connectivity index (χ3n) is 7.58. The molecule has 164 valence electrons. The summed E-state index contributed by atoms with van der Waals surface area (Å²) in [6, 6.07) is 3.77. The molecule has 3 rings (SSSR count). The molecule has 0 bridgehead atoms. The topological polar surface area (TPSA) is 9.23 Å². The first-order chi connectivity index (χ1) is 14.2. The largest absolute Gasteiger partial charge is 0.493 e. The van der Waals surface area contributed by atoms with Gasteiger partial charge >= 0.3 is 0 Å². The summed E-state index contributed by atoms with van der Waals surface area (Å²) in [5.41, 5.74) is 0. The first-order valence-corrected chi connectivity index (χ1v) is 12.2. The van der Waals surface area contributed by atoms with Crippen molar-refractivity contribution in [3.63, 3.8) is 0 Å². The highest BCUT2D eigenvalue weighted by molar-refractivity contribution is 5.23. The van der Waals surface area contributed by atoms with E-state index in [0.29, 0.717) is 12.4 Å². The number of ether oxygens (including phenoxy) is 1. The molecule has 0 unspecified atom stereocenters. The molecule has 0 amide bonds. The molecule has 0 aromatic heterocycles. The molecule has 0 spiro atoms. The van der Waals surface area contributed by atoms with E-state index in [1.807, 2.05) is 0 Å². The summed E-state index contributed by atoms with van der Waals surface area (Å²) in [4.78, 5) is 0. The van der Waals surface area contributed by atoms with E-state index >= 15 is 0 Å². The van der Waals surface area contributed by atoms with Gasteiger partial charge in [0.2, 0.25) is 0 Å². The molecule has 2 aliphatic carbocycles. The van der Waals surface area contributed by atoms with E-state index in [0.717, 1.165) is 42.2 Å². The van der Waals surface area contributed by atoms with Gasteiger partial charge < -0.3 is 4.74 Å². The van der Waals surface area contributed by atoms with Crippen molar-refractivity contribution in [3.05, 3.63) is 29.8 Å². The van der Waals surface area contributed by atoms with Gasteiger partial charge in [0.1, 0.15) is 5.75 Å². The van der Waals surface area contributed by atoms with E-state index in [4.69, 9.17) is 4.74 Å². The molecule has 0 N–H and O–H groups in total. The van der Waals surface area contributed by atoms with Crippen LogP contribution in [0.1, 0.15) is 96.8 Å². The summed E-state index contributed by atoms with van der Waals surface area (Å²) in [6.07, 6.45) is 19.4. The van der Waals surface area contributed by atoms with E-state index in [2.05, 4.69) is 6.92 Å². The Bertz CT molecular complexity index is 586. The number of rotatable bonds is 10. The Morgan fingerprint density at radius 2 is 1.34 bits per heavy atom. The van der Waals surface area contributed by atoms with Crippen molar-refractivity contribution in [3.8, 4) is 5.75 Å². The summed E-state index contributed by atoms with van der Waals surface area (Å²) in [5, 5.41) is 0. The van der Waals surface area contributed by atoms with Crippen LogP contribution in [0.3, 0.4) is 0 Å². The third-order valence-corrected chi connectivity index (χ3v) is 7.58. The lowest BCUT2D eigenvalue weighted by Gasteiger charge is -2.38. The smallest absolute Gasteiger partial charge is 0.162 e. The second-order valence-corrected chi connectivity index (χ2v) is 9.62. The number of benzene rings is 1. The SMILES string of the molecule is CCCCC[C@H]1CC[C@H](C2CCC(CCCOc3ccc(F)c(F)c3)CC2)CC1. The van der Waals surface area contributed by atoms with Crippen molar-refractivity contribution in [1.82, 2.24) is 0 Å². The zero-order valence-corrected chi connectivity index (χ0v) is 18.3. The standard InChI is InChI=1S/C26H40F2O/c1-2-3-4-6-20-8-12-22(13-9-20)23-14-10-21(11-15-23)7-5-18-29-24-16-17-25(27)26(28)19-24/h16-17,19-23H,2-15,18H2,1H3/t20-,21?,22-,23?. The third kappa shape index (κ3) is 7.26. The molecule has 0 radical (unpaired) electrons. The molecule has 3 heteroatoms. The van der Waals surface area contributed by atoms with Crippen LogP contribution in [0.25, 0.3) is 0 Å². The van der Waals surface area contributed by atoms with Gasteiger partial charge in [-0.3, -0.25) is 0 Å². The Morgan fingerprint density at radius 1 is 0.759 bits per heavy atom. The second-order valence-electron chi connectivity index (χ2n) is 9.62. The number of halogens is 2. The number of hydrogen-bond acceptors (Lipinski definition) is 1. The number of unbranched alkanes of at least 4 members (excludes halogenated alkanes) is 2. The fourth-order valence-corrected chi connectivity index (χ4v) is 5.71. The molecule has 1 aromatic carbocycles. The maximum atomic E-state index is 13.2. The van der Waals surface area contributed by atoms with E-state index < -0.39 is 11.6 Å². The maximum Gasteiger partial charge on any atom is 0.162 e. The molecule has 2 saturated carbocycles. The predicted octanol–water partition coefficient (Wildman–Crippen LogP) is 8.32. The zero-order chi connectivity index (χ0) is 20.5. The van der Waals surface area contributed by atoms with Gasteiger partial charge in [-0.15, -0.1) is 0 Å². The van der Waals surface area contributed by atoms with Crippen LogP contribution in [0.2, 0.25) is 0 Å². The summed E-state index contributed by atoms with van der Waals surface area (Å²) < 4.78 is 31.7.